The molecular formula is C28H36INO4. The molecule has 0 radical (unpaired) electrons. The molecule has 2 saturated carbocycles. The van der Waals surface area contributed by atoms with Crippen LogP contribution in [0, 0.1) is 28.6 Å². The Labute approximate surface area is 217 Å². The van der Waals surface area contributed by atoms with Gasteiger partial charge in [0, 0.05) is 18.8 Å². The van der Waals surface area contributed by atoms with Gasteiger partial charge in [0.05, 0.1) is 19.1 Å². The lowest BCUT2D eigenvalue weighted by atomic mass is 9.47. The van der Waals surface area contributed by atoms with E-state index in [9.17, 15) is 9.90 Å². The third-order valence-electron chi connectivity index (χ3n) is 9.57. The second-order valence-corrected chi connectivity index (χ2v) is 11.9. The number of halogens is 1. The molecule has 184 valence electrons. The molecule has 5 rings (SSSR count). The van der Waals surface area contributed by atoms with Crippen molar-refractivity contribution in [2.24, 2.45) is 28.6 Å². The van der Waals surface area contributed by atoms with E-state index in [1.807, 2.05) is 12.4 Å². The van der Waals surface area contributed by atoms with Gasteiger partial charge in [-0.05, 0) is 84.3 Å². The fourth-order valence-corrected chi connectivity index (χ4v) is 8.24. The number of aliphatic hydroxyl groups is 1. The van der Waals surface area contributed by atoms with Crippen molar-refractivity contribution < 1.29 is 17.7 Å². The lowest BCUT2D eigenvalue weighted by molar-refractivity contribution is -0.153. The Bertz CT molecular complexity index is 978. The highest BCUT2D eigenvalue weighted by atomic mass is 127. The van der Waals surface area contributed by atoms with Gasteiger partial charge in [-0.2, -0.15) is 0 Å². The van der Waals surface area contributed by atoms with Crippen LogP contribution in [0.2, 0.25) is 0 Å². The SMILES string of the molecule is CC12CCC(OC(=O)C[C@@H](O)COI)CC1=CCC1C2CCC2(C)C(c3cccnc3)=CCC12. The monoisotopic (exact) mass is 577 g/mol. The number of hydrogen-bond acceptors (Lipinski definition) is 5. The van der Waals surface area contributed by atoms with Gasteiger partial charge in [0.15, 0.2) is 0 Å². The van der Waals surface area contributed by atoms with E-state index < -0.39 is 6.10 Å². The molecule has 6 unspecified atom stereocenters. The first-order chi connectivity index (χ1) is 16.3. The van der Waals surface area contributed by atoms with Crippen LogP contribution in [0.3, 0.4) is 0 Å². The Morgan fingerprint density at radius 1 is 1.21 bits per heavy atom. The second-order valence-electron chi connectivity index (χ2n) is 11.3. The van der Waals surface area contributed by atoms with Crippen LogP contribution in [0.25, 0.3) is 5.57 Å². The van der Waals surface area contributed by atoms with Gasteiger partial charge < -0.3 is 12.9 Å². The molecule has 4 aliphatic rings. The van der Waals surface area contributed by atoms with Gasteiger partial charge in [-0.1, -0.05) is 37.6 Å². The lowest BCUT2D eigenvalue weighted by Crippen LogP contribution is -2.50. The van der Waals surface area contributed by atoms with Gasteiger partial charge in [-0.25, -0.2) is 0 Å². The average Bonchev–Trinajstić information content (AvgIpc) is 3.17. The van der Waals surface area contributed by atoms with Gasteiger partial charge >= 0.3 is 5.97 Å². The van der Waals surface area contributed by atoms with E-state index in [0.717, 1.165) is 25.7 Å². The number of ether oxygens (including phenoxy) is 1. The zero-order valence-electron chi connectivity index (χ0n) is 20.2. The molecule has 1 heterocycles. The molecule has 1 N–H and O–H groups in total. The summed E-state index contributed by atoms with van der Waals surface area (Å²) < 4.78 is 10.7. The molecule has 1 aromatic heterocycles. The van der Waals surface area contributed by atoms with Gasteiger partial charge in [0.1, 0.15) is 29.1 Å². The molecule has 0 spiro atoms. The molecule has 0 amide bonds. The number of hydrogen-bond donors (Lipinski definition) is 1. The van der Waals surface area contributed by atoms with E-state index in [-0.39, 0.29) is 35.9 Å². The number of esters is 1. The predicted octanol–water partition coefficient (Wildman–Crippen LogP) is 6.07. The summed E-state index contributed by atoms with van der Waals surface area (Å²) in [6.07, 6.45) is 15.6. The Balaban J connectivity index is 1.28. The predicted molar refractivity (Wildman–Crippen MR) is 140 cm³/mol. The molecule has 0 saturated heterocycles. The summed E-state index contributed by atoms with van der Waals surface area (Å²) in [5.74, 6) is 1.78. The minimum atomic E-state index is -0.805. The van der Waals surface area contributed by atoms with Gasteiger partial charge in [0.25, 0.3) is 0 Å². The van der Waals surface area contributed by atoms with E-state index >= 15 is 0 Å². The summed E-state index contributed by atoms with van der Waals surface area (Å²) in [5.41, 5.74) is 4.74. The van der Waals surface area contributed by atoms with Crippen LogP contribution in [0.5, 0.6) is 0 Å². The number of aromatic nitrogens is 1. The number of rotatable bonds is 6. The van der Waals surface area contributed by atoms with Crippen LogP contribution < -0.4 is 0 Å². The smallest absolute Gasteiger partial charge is 0.308 e. The maximum atomic E-state index is 12.3. The third-order valence-corrected chi connectivity index (χ3v) is 9.93. The summed E-state index contributed by atoms with van der Waals surface area (Å²) in [5, 5.41) is 9.84. The molecule has 4 aliphatic carbocycles. The molecular weight excluding hydrogens is 541 g/mol. The third kappa shape index (κ3) is 4.28. The number of pyridine rings is 1. The first kappa shape index (κ1) is 24.4. The number of fused-ring (bicyclic) bond motifs is 5. The Morgan fingerprint density at radius 2 is 2.03 bits per heavy atom. The number of carbonyl (C=O) groups is 1. The van der Waals surface area contributed by atoms with Crippen LogP contribution in [0.4, 0.5) is 0 Å². The largest absolute Gasteiger partial charge is 0.462 e. The van der Waals surface area contributed by atoms with Gasteiger partial charge in [0.2, 0.25) is 0 Å². The van der Waals surface area contributed by atoms with Crippen molar-refractivity contribution in [1.82, 2.24) is 4.98 Å². The average molecular weight is 578 g/mol. The first-order valence-electron chi connectivity index (χ1n) is 12.8. The van der Waals surface area contributed by atoms with Crippen LogP contribution >= 0.6 is 23.0 Å². The first-order valence-corrected chi connectivity index (χ1v) is 13.6. The molecule has 0 aromatic carbocycles. The molecule has 0 bridgehead atoms. The van der Waals surface area contributed by atoms with E-state index in [1.54, 1.807) is 23.0 Å². The van der Waals surface area contributed by atoms with E-state index in [2.05, 4.69) is 43.1 Å². The molecule has 7 atom stereocenters. The Hall–Kier alpha value is -1.25. The zero-order valence-corrected chi connectivity index (χ0v) is 22.4. The van der Waals surface area contributed by atoms with Crippen molar-refractivity contribution in [2.45, 2.75) is 77.4 Å². The number of carbonyl (C=O) groups excluding carboxylic acids is 1. The fraction of sp³-hybridized carbons (Fsp3) is 0.643. The zero-order chi connectivity index (χ0) is 23.9. The van der Waals surface area contributed by atoms with Crippen LogP contribution in [0.15, 0.2) is 42.3 Å². The molecule has 1 aromatic rings. The Morgan fingerprint density at radius 3 is 2.79 bits per heavy atom. The van der Waals surface area contributed by atoms with Gasteiger partial charge in [-0.15, -0.1) is 0 Å². The maximum Gasteiger partial charge on any atom is 0.308 e. The second kappa shape index (κ2) is 9.66. The quantitative estimate of drug-likeness (QED) is 0.253. The van der Waals surface area contributed by atoms with E-state index in [0.29, 0.717) is 17.8 Å². The van der Waals surface area contributed by atoms with Crippen LogP contribution in [-0.2, 0) is 12.6 Å². The highest BCUT2D eigenvalue weighted by Crippen LogP contribution is 2.66. The Kier molecular flexibility index (Phi) is 6.94. The summed E-state index contributed by atoms with van der Waals surface area (Å²) in [6.45, 7) is 5.11. The van der Waals surface area contributed by atoms with Crippen molar-refractivity contribution in [3.05, 3.63) is 47.8 Å². The topological polar surface area (TPSA) is 68.7 Å². The van der Waals surface area contributed by atoms with E-state index in [4.69, 9.17) is 7.80 Å². The maximum absolute atomic E-state index is 12.3. The van der Waals surface area contributed by atoms with Crippen molar-refractivity contribution in [3.8, 4) is 0 Å². The van der Waals surface area contributed by atoms with Crippen molar-refractivity contribution in [2.75, 3.05) is 6.61 Å². The fourth-order valence-electron chi connectivity index (χ4n) is 7.82. The van der Waals surface area contributed by atoms with Crippen molar-refractivity contribution in [3.63, 3.8) is 0 Å². The molecule has 34 heavy (non-hydrogen) atoms. The van der Waals surface area contributed by atoms with E-state index in [1.165, 1.54) is 36.0 Å². The normalized spacial score (nSPS) is 37.5. The highest BCUT2D eigenvalue weighted by molar-refractivity contribution is 14.1. The number of nitrogens with zero attached hydrogens (tertiary/aromatic N) is 1. The van der Waals surface area contributed by atoms with Gasteiger partial charge in [-0.3, -0.25) is 9.78 Å². The number of aliphatic hydroxyl groups excluding tert-OH is 1. The molecule has 2 fully saturated rings. The van der Waals surface area contributed by atoms with Crippen LogP contribution in [-0.4, -0.2) is 34.9 Å². The molecule has 0 aliphatic heterocycles. The minimum Gasteiger partial charge on any atom is -0.462 e. The summed E-state index contributed by atoms with van der Waals surface area (Å²) in [6, 6.07) is 4.27. The summed E-state index contributed by atoms with van der Waals surface area (Å²) in [4.78, 5) is 16.7. The summed E-state index contributed by atoms with van der Waals surface area (Å²) in [7, 11) is 0. The highest BCUT2D eigenvalue weighted by Gasteiger charge is 2.57. The number of allylic oxidation sites excluding steroid dienone is 3. The summed E-state index contributed by atoms with van der Waals surface area (Å²) >= 11 is 1.73. The standard InChI is InChI=1S/C28H36INO4/c1-27-11-9-21(34-26(32)15-20(31)17-33-29)14-19(27)5-6-22-24-8-7-23(18-4-3-13-30-16-18)28(24,2)12-10-25(22)27/h3-5,7,13,16,20-22,24-25,31H,6,8-12,14-15,17H2,1-2H3/t20-,21?,22?,24?,25?,27?,28?/m1/s1. The minimum absolute atomic E-state index is 0.00690. The lowest BCUT2D eigenvalue weighted by Gasteiger charge is -2.57. The van der Waals surface area contributed by atoms with Crippen molar-refractivity contribution >= 4 is 34.5 Å². The molecule has 6 heteroatoms. The molecule has 5 nitrogen and oxygen atoms in total. The van der Waals surface area contributed by atoms with Crippen molar-refractivity contribution in [1.29, 1.82) is 0 Å². The van der Waals surface area contributed by atoms with Crippen LogP contribution in [0.1, 0.15) is 70.8 Å².